The first-order valence-electron chi connectivity index (χ1n) is 12.4. The molecule has 0 aliphatic carbocycles. The van der Waals surface area contributed by atoms with Crippen LogP contribution in [-0.2, 0) is 0 Å². The highest BCUT2D eigenvalue weighted by Gasteiger charge is 2.09. The van der Waals surface area contributed by atoms with Gasteiger partial charge in [0.1, 0.15) is 11.5 Å². The lowest BCUT2D eigenvalue weighted by Gasteiger charge is -2.08. The molecule has 0 saturated carbocycles. The van der Waals surface area contributed by atoms with Crippen LogP contribution in [0.1, 0.15) is 79.8 Å². The molecule has 0 atom stereocenters. The normalized spacial score (nSPS) is 11.0. The molecule has 1 aromatic heterocycles. The van der Waals surface area contributed by atoms with Crippen molar-refractivity contribution in [2.24, 2.45) is 0 Å². The van der Waals surface area contributed by atoms with E-state index in [0.29, 0.717) is 17.9 Å². The summed E-state index contributed by atoms with van der Waals surface area (Å²) in [6, 6.07) is 18.5. The van der Waals surface area contributed by atoms with Crippen LogP contribution in [0, 0.1) is 0 Å². The Morgan fingerprint density at radius 1 is 0.706 bits per heavy atom. The van der Waals surface area contributed by atoms with Gasteiger partial charge in [-0.15, -0.1) is 0 Å². The number of esters is 1. The number of unbranched alkanes of at least 4 members (excludes halogenated alkanes) is 7. The van der Waals surface area contributed by atoms with E-state index in [1.165, 1.54) is 44.9 Å². The quantitative estimate of drug-likeness (QED) is 0.140. The molecule has 2 aromatic carbocycles. The lowest BCUT2D eigenvalue weighted by molar-refractivity contribution is 0.0734. The lowest BCUT2D eigenvalue weighted by Crippen LogP contribution is -2.08. The van der Waals surface area contributed by atoms with Gasteiger partial charge in [-0.2, -0.15) is 0 Å². The van der Waals surface area contributed by atoms with Crippen LogP contribution >= 0.6 is 0 Å². The van der Waals surface area contributed by atoms with Crippen molar-refractivity contribution < 1.29 is 14.3 Å². The van der Waals surface area contributed by atoms with Crippen LogP contribution in [-0.4, -0.2) is 17.6 Å². The zero-order chi connectivity index (χ0) is 23.8. The molecule has 0 radical (unpaired) electrons. The van der Waals surface area contributed by atoms with Crippen molar-refractivity contribution in [2.75, 3.05) is 6.61 Å². The van der Waals surface area contributed by atoms with Crippen LogP contribution in [0.3, 0.4) is 0 Å². The Labute approximate surface area is 203 Å². The Kier molecular flexibility index (Phi) is 10.9. The van der Waals surface area contributed by atoms with Gasteiger partial charge in [-0.05, 0) is 66.1 Å². The van der Waals surface area contributed by atoms with Crippen molar-refractivity contribution in [3.8, 4) is 11.5 Å². The summed E-state index contributed by atoms with van der Waals surface area (Å²) in [5, 5.41) is 0. The van der Waals surface area contributed by atoms with Gasteiger partial charge in [-0.3, -0.25) is 4.98 Å². The van der Waals surface area contributed by atoms with E-state index in [-0.39, 0.29) is 5.97 Å². The van der Waals surface area contributed by atoms with E-state index in [1.807, 2.05) is 48.6 Å². The predicted octanol–water partition coefficient (Wildman–Crippen LogP) is 7.99. The van der Waals surface area contributed by atoms with Gasteiger partial charge in [0.15, 0.2) is 0 Å². The Balaban J connectivity index is 1.37. The van der Waals surface area contributed by atoms with Crippen molar-refractivity contribution >= 4 is 18.1 Å². The van der Waals surface area contributed by atoms with Gasteiger partial charge in [0.05, 0.1) is 12.2 Å². The highest BCUT2D eigenvalue weighted by molar-refractivity contribution is 5.91. The molecule has 4 nitrogen and oxygen atoms in total. The van der Waals surface area contributed by atoms with Crippen molar-refractivity contribution in [3.63, 3.8) is 0 Å². The van der Waals surface area contributed by atoms with Crippen LogP contribution in [0.4, 0.5) is 0 Å². The number of carbonyl (C=O) groups is 1. The van der Waals surface area contributed by atoms with Gasteiger partial charge >= 0.3 is 5.97 Å². The fraction of sp³-hybridized carbons (Fsp3) is 0.333. The Bertz CT molecular complexity index is 995. The summed E-state index contributed by atoms with van der Waals surface area (Å²) in [4.78, 5) is 16.5. The summed E-state index contributed by atoms with van der Waals surface area (Å²) >= 11 is 0. The van der Waals surface area contributed by atoms with Crippen LogP contribution in [0.2, 0.25) is 0 Å². The summed E-state index contributed by atoms with van der Waals surface area (Å²) in [5.74, 6) is 0.917. The standard InChI is InChI=1S/C30H35NO3/c1-2-3-4-5-6-7-8-9-24-33-28-18-14-27(15-19-28)30(32)34-29-16-12-25(13-17-29)10-11-26-20-22-31-23-21-26/h10-23H,2-9,24H2,1H3/b11-10+. The minimum atomic E-state index is -0.380. The van der Waals surface area contributed by atoms with E-state index < -0.39 is 0 Å². The maximum Gasteiger partial charge on any atom is 0.343 e. The molecule has 3 rings (SSSR count). The number of ether oxygens (including phenoxy) is 2. The number of hydrogen-bond donors (Lipinski definition) is 0. The average Bonchev–Trinajstić information content (AvgIpc) is 2.88. The SMILES string of the molecule is CCCCCCCCCCOc1ccc(C(=O)Oc2ccc(/C=C/c3ccncc3)cc2)cc1. The van der Waals surface area contributed by atoms with E-state index in [2.05, 4.69) is 11.9 Å². The third-order valence-electron chi connectivity index (χ3n) is 5.62. The molecule has 0 aliphatic rings. The van der Waals surface area contributed by atoms with Crippen molar-refractivity contribution in [2.45, 2.75) is 58.3 Å². The molecule has 0 fully saturated rings. The smallest absolute Gasteiger partial charge is 0.343 e. The second-order valence-electron chi connectivity index (χ2n) is 8.42. The number of nitrogens with zero attached hydrogens (tertiary/aromatic N) is 1. The van der Waals surface area contributed by atoms with E-state index in [4.69, 9.17) is 9.47 Å². The molecule has 0 spiro atoms. The molecular formula is C30H35NO3. The fourth-order valence-electron chi connectivity index (χ4n) is 3.59. The summed E-state index contributed by atoms with van der Waals surface area (Å²) < 4.78 is 11.3. The summed E-state index contributed by atoms with van der Waals surface area (Å²) in [6.07, 6.45) is 17.8. The summed E-state index contributed by atoms with van der Waals surface area (Å²) in [6.45, 7) is 2.96. The first-order chi connectivity index (χ1) is 16.7. The van der Waals surface area contributed by atoms with E-state index in [0.717, 1.165) is 23.3 Å². The number of hydrogen-bond acceptors (Lipinski definition) is 4. The maximum absolute atomic E-state index is 12.5. The molecule has 34 heavy (non-hydrogen) atoms. The largest absolute Gasteiger partial charge is 0.494 e. The molecule has 1 heterocycles. The van der Waals surface area contributed by atoms with Crippen molar-refractivity contribution in [1.82, 2.24) is 4.98 Å². The first-order valence-corrected chi connectivity index (χ1v) is 12.4. The molecular weight excluding hydrogens is 422 g/mol. The Morgan fingerprint density at radius 3 is 1.91 bits per heavy atom. The molecule has 0 aliphatic heterocycles. The highest BCUT2D eigenvalue weighted by atomic mass is 16.5. The highest BCUT2D eigenvalue weighted by Crippen LogP contribution is 2.18. The van der Waals surface area contributed by atoms with Gasteiger partial charge in [0.25, 0.3) is 0 Å². The van der Waals surface area contributed by atoms with Crippen LogP contribution in [0.15, 0.2) is 73.1 Å². The van der Waals surface area contributed by atoms with Gasteiger partial charge in [0, 0.05) is 12.4 Å². The van der Waals surface area contributed by atoms with Crippen molar-refractivity contribution in [3.05, 3.63) is 89.7 Å². The molecule has 0 bridgehead atoms. The Hall–Kier alpha value is -3.40. The number of benzene rings is 2. The number of carbonyl (C=O) groups excluding carboxylic acids is 1. The van der Waals surface area contributed by atoms with Crippen molar-refractivity contribution in [1.29, 1.82) is 0 Å². The molecule has 0 saturated heterocycles. The molecule has 178 valence electrons. The number of aromatic nitrogens is 1. The molecule has 0 N–H and O–H groups in total. The van der Waals surface area contributed by atoms with Crippen LogP contribution < -0.4 is 9.47 Å². The monoisotopic (exact) mass is 457 g/mol. The Morgan fingerprint density at radius 2 is 1.26 bits per heavy atom. The van der Waals surface area contributed by atoms with Gasteiger partial charge in [-0.1, -0.05) is 76.2 Å². The first kappa shape index (κ1) is 25.2. The average molecular weight is 458 g/mol. The van der Waals surface area contributed by atoms with E-state index >= 15 is 0 Å². The zero-order valence-electron chi connectivity index (χ0n) is 20.1. The molecule has 3 aromatic rings. The second-order valence-corrected chi connectivity index (χ2v) is 8.42. The zero-order valence-corrected chi connectivity index (χ0v) is 20.1. The predicted molar refractivity (Wildman–Crippen MR) is 139 cm³/mol. The minimum Gasteiger partial charge on any atom is -0.494 e. The summed E-state index contributed by atoms with van der Waals surface area (Å²) in [5.41, 5.74) is 2.60. The third kappa shape index (κ3) is 9.22. The maximum atomic E-state index is 12.5. The van der Waals surface area contributed by atoms with Gasteiger partial charge in [0.2, 0.25) is 0 Å². The molecule has 0 unspecified atom stereocenters. The van der Waals surface area contributed by atoms with E-state index in [9.17, 15) is 4.79 Å². The van der Waals surface area contributed by atoms with E-state index in [1.54, 1.807) is 36.7 Å². The lowest BCUT2D eigenvalue weighted by atomic mass is 10.1. The van der Waals surface area contributed by atoms with Crippen LogP contribution in [0.25, 0.3) is 12.2 Å². The summed E-state index contributed by atoms with van der Waals surface area (Å²) in [7, 11) is 0. The topological polar surface area (TPSA) is 48.4 Å². The minimum absolute atomic E-state index is 0.380. The number of pyridine rings is 1. The third-order valence-corrected chi connectivity index (χ3v) is 5.62. The number of rotatable bonds is 14. The van der Waals surface area contributed by atoms with Gasteiger partial charge < -0.3 is 9.47 Å². The second kappa shape index (κ2) is 14.7. The molecule has 4 heteroatoms. The fourth-order valence-corrected chi connectivity index (χ4v) is 3.59. The van der Waals surface area contributed by atoms with Gasteiger partial charge in [-0.25, -0.2) is 4.79 Å². The molecule has 0 amide bonds. The van der Waals surface area contributed by atoms with Crippen LogP contribution in [0.5, 0.6) is 11.5 Å².